The number of esters is 1. The number of carbonyl (C=O) groups is 1. The largest absolute Gasteiger partial charge is 0.469 e. The van der Waals surface area contributed by atoms with Gasteiger partial charge in [0.1, 0.15) is 5.82 Å². The highest BCUT2D eigenvalue weighted by atomic mass is 32.2. The van der Waals surface area contributed by atoms with Gasteiger partial charge in [0.05, 0.1) is 13.5 Å². The van der Waals surface area contributed by atoms with Crippen molar-refractivity contribution in [3.8, 4) is 0 Å². The Morgan fingerprint density at radius 1 is 1.55 bits per heavy atom. The number of ether oxygens (including phenoxy) is 1. The number of carbonyl (C=O) groups excluding carboxylic acids is 1. The molecule has 0 unspecified atom stereocenters. The van der Waals surface area contributed by atoms with E-state index >= 15 is 0 Å². The quantitative estimate of drug-likeness (QED) is 0.501. The van der Waals surface area contributed by atoms with Crippen molar-refractivity contribution >= 4 is 34.9 Å². The Hall–Kier alpha value is -1.60. The van der Waals surface area contributed by atoms with E-state index in [-0.39, 0.29) is 5.97 Å². The van der Waals surface area contributed by atoms with Crippen LogP contribution in [0, 0.1) is 0 Å². The van der Waals surface area contributed by atoms with E-state index in [2.05, 4.69) is 20.8 Å². The molecule has 0 amide bonds. The first-order chi connectivity index (χ1) is 9.69. The summed E-state index contributed by atoms with van der Waals surface area (Å²) in [6.45, 7) is 0. The number of nitrogens with two attached hydrogens (primary N) is 1. The van der Waals surface area contributed by atoms with Crippen LogP contribution in [0.15, 0.2) is 28.9 Å². The van der Waals surface area contributed by atoms with Crippen LogP contribution in [0.3, 0.4) is 0 Å². The monoisotopic (exact) mass is 309 g/mol. The van der Waals surface area contributed by atoms with Crippen molar-refractivity contribution in [2.45, 2.75) is 18.0 Å². The summed E-state index contributed by atoms with van der Waals surface area (Å²) >= 11 is 3.08. The van der Waals surface area contributed by atoms with Crippen LogP contribution in [-0.2, 0) is 16.0 Å². The van der Waals surface area contributed by atoms with Crippen LogP contribution < -0.4 is 5.73 Å². The molecule has 0 saturated heterocycles. The third-order valence-electron chi connectivity index (χ3n) is 2.59. The van der Waals surface area contributed by atoms with Gasteiger partial charge < -0.3 is 10.5 Å². The summed E-state index contributed by atoms with van der Waals surface area (Å²) in [5.74, 6) is 0.838. The van der Waals surface area contributed by atoms with Crippen LogP contribution in [-0.4, -0.2) is 28.8 Å². The molecule has 20 heavy (non-hydrogen) atoms. The van der Waals surface area contributed by atoms with E-state index in [9.17, 15) is 4.79 Å². The molecule has 0 aliphatic carbocycles. The topological polar surface area (TPSA) is 78.1 Å². The number of methoxy groups -OCH3 is 1. The van der Waals surface area contributed by atoms with E-state index in [0.29, 0.717) is 23.1 Å². The third kappa shape index (κ3) is 4.21. The molecule has 0 radical (unpaired) electrons. The molecule has 0 aliphatic rings. The van der Waals surface area contributed by atoms with E-state index in [4.69, 9.17) is 5.73 Å². The van der Waals surface area contributed by atoms with Crippen LogP contribution in [0.1, 0.15) is 16.9 Å². The van der Waals surface area contributed by atoms with Gasteiger partial charge in [-0.15, -0.1) is 11.3 Å². The fourth-order valence-electron chi connectivity index (χ4n) is 1.54. The van der Waals surface area contributed by atoms with Crippen molar-refractivity contribution in [3.05, 3.63) is 34.2 Å². The Kier molecular flexibility index (Phi) is 5.37. The van der Waals surface area contributed by atoms with Gasteiger partial charge in [0.25, 0.3) is 0 Å². The first kappa shape index (κ1) is 14.8. The third-order valence-corrected chi connectivity index (χ3v) is 4.33. The maximum Gasteiger partial charge on any atom is 0.306 e. The minimum Gasteiger partial charge on any atom is -0.469 e. The molecule has 0 atom stereocenters. The van der Waals surface area contributed by atoms with Gasteiger partial charge in [-0.05, 0) is 11.4 Å². The van der Waals surface area contributed by atoms with Crippen LogP contribution in [0.25, 0.3) is 0 Å². The first-order valence-corrected chi connectivity index (χ1v) is 7.89. The number of hydrogen-bond donors (Lipinski definition) is 1. The molecule has 2 N–H and O–H groups in total. The van der Waals surface area contributed by atoms with Gasteiger partial charge in [-0.1, -0.05) is 17.8 Å². The van der Waals surface area contributed by atoms with Gasteiger partial charge in [-0.25, -0.2) is 9.97 Å². The average molecular weight is 309 g/mol. The Morgan fingerprint density at radius 2 is 2.40 bits per heavy atom. The number of nitrogen functional groups attached to an aromatic ring is 1. The van der Waals surface area contributed by atoms with Crippen LogP contribution in [0.2, 0.25) is 0 Å². The molecule has 0 saturated carbocycles. The average Bonchev–Trinajstić information content (AvgIpc) is 2.94. The minimum atomic E-state index is -0.236. The van der Waals surface area contributed by atoms with Gasteiger partial charge in [-0.3, -0.25) is 4.79 Å². The number of aromatic nitrogens is 2. The van der Waals surface area contributed by atoms with Crippen molar-refractivity contribution in [2.75, 3.05) is 18.6 Å². The molecule has 0 aliphatic heterocycles. The Morgan fingerprint density at radius 3 is 3.05 bits per heavy atom. The zero-order valence-corrected chi connectivity index (χ0v) is 12.7. The lowest BCUT2D eigenvalue weighted by molar-refractivity contribution is -0.140. The molecule has 2 heterocycles. The molecule has 2 aromatic heterocycles. The minimum absolute atomic E-state index is 0.236. The van der Waals surface area contributed by atoms with E-state index in [1.54, 1.807) is 17.5 Å². The molecule has 7 heteroatoms. The number of rotatable bonds is 6. The lowest BCUT2D eigenvalue weighted by atomic mass is 10.2. The molecule has 5 nitrogen and oxygen atoms in total. The van der Waals surface area contributed by atoms with Crippen molar-refractivity contribution in [3.63, 3.8) is 0 Å². The summed E-state index contributed by atoms with van der Waals surface area (Å²) in [6.07, 6.45) is 2.83. The zero-order valence-electron chi connectivity index (χ0n) is 11.0. The highest BCUT2D eigenvalue weighted by Crippen LogP contribution is 2.21. The second kappa shape index (κ2) is 7.25. The molecule has 2 rings (SSSR count). The molecular formula is C13H15N3O2S2. The number of nitrogens with zero attached hydrogens (tertiary/aromatic N) is 2. The van der Waals surface area contributed by atoms with Gasteiger partial charge in [-0.2, -0.15) is 0 Å². The predicted octanol–water partition coefficient (Wildman–Crippen LogP) is 2.37. The lowest BCUT2D eigenvalue weighted by Crippen LogP contribution is -2.03. The van der Waals surface area contributed by atoms with Crippen molar-refractivity contribution < 1.29 is 9.53 Å². The van der Waals surface area contributed by atoms with Crippen LogP contribution in [0.4, 0.5) is 5.82 Å². The summed E-state index contributed by atoms with van der Waals surface area (Å²) in [7, 11) is 1.38. The van der Waals surface area contributed by atoms with E-state index < -0.39 is 0 Å². The van der Waals surface area contributed by atoms with Crippen molar-refractivity contribution in [2.24, 2.45) is 0 Å². The second-order valence-corrected chi connectivity index (χ2v) is 6.09. The molecular weight excluding hydrogens is 294 g/mol. The standard InChI is InChI=1S/C13H15N3O2S2/c1-18-11(17)4-6-20-13-15-8-9(12(14)16-13)7-10-3-2-5-19-10/h2-3,5,8H,4,6-7H2,1H3,(H2,14,15,16). The zero-order chi connectivity index (χ0) is 14.4. The molecule has 0 spiro atoms. The highest BCUT2D eigenvalue weighted by molar-refractivity contribution is 7.99. The van der Waals surface area contributed by atoms with Gasteiger partial charge in [0, 0.05) is 28.8 Å². The summed E-state index contributed by atoms with van der Waals surface area (Å²) < 4.78 is 4.57. The van der Waals surface area contributed by atoms with Gasteiger partial charge >= 0.3 is 5.97 Å². The molecule has 106 valence electrons. The molecule has 0 aromatic carbocycles. The summed E-state index contributed by atoms with van der Waals surface area (Å²) in [5, 5.41) is 2.62. The Balaban J connectivity index is 1.93. The summed E-state index contributed by atoms with van der Waals surface area (Å²) in [6, 6.07) is 4.07. The number of thioether (sulfide) groups is 1. The normalized spacial score (nSPS) is 10.4. The smallest absolute Gasteiger partial charge is 0.306 e. The Labute approximate surface area is 125 Å². The lowest BCUT2D eigenvalue weighted by Gasteiger charge is -2.05. The number of hydrogen-bond acceptors (Lipinski definition) is 7. The van der Waals surface area contributed by atoms with E-state index in [1.807, 2.05) is 11.4 Å². The van der Waals surface area contributed by atoms with Crippen molar-refractivity contribution in [1.29, 1.82) is 0 Å². The molecule has 0 fully saturated rings. The summed E-state index contributed by atoms with van der Waals surface area (Å²) in [4.78, 5) is 20.8. The fourth-order valence-corrected chi connectivity index (χ4v) is 3.01. The van der Waals surface area contributed by atoms with Crippen LogP contribution >= 0.6 is 23.1 Å². The summed E-state index contributed by atoms with van der Waals surface area (Å²) in [5.41, 5.74) is 6.87. The maximum absolute atomic E-state index is 11.0. The second-order valence-electron chi connectivity index (χ2n) is 3.99. The Bertz CT molecular complexity index is 573. The number of thiophene rings is 1. The SMILES string of the molecule is COC(=O)CCSc1ncc(Cc2cccs2)c(N)n1. The van der Waals surface area contributed by atoms with Gasteiger partial charge in [0.2, 0.25) is 0 Å². The fraction of sp³-hybridized carbons (Fsp3) is 0.308. The number of anilines is 1. The predicted molar refractivity (Wildman–Crippen MR) is 80.9 cm³/mol. The van der Waals surface area contributed by atoms with E-state index in [0.717, 1.165) is 12.0 Å². The van der Waals surface area contributed by atoms with Gasteiger partial charge in [0.15, 0.2) is 5.16 Å². The highest BCUT2D eigenvalue weighted by Gasteiger charge is 2.07. The molecule has 2 aromatic rings. The molecule has 0 bridgehead atoms. The maximum atomic E-state index is 11.0. The first-order valence-electron chi connectivity index (χ1n) is 6.02. The van der Waals surface area contributed by atoms with E-state index in [1.165, 1.54) is 23.7 Å². The van der Waals surface area contributed by atoms with Crippen molar-refractivity contribution in [1.82, 2.24) is 9.97 Å². The van der Waals surface area contributed by atoms with Crippen LogP contribution in [0.5, 0.6) is 0 Å².